The molecule has 136 valence electrons. The monoisotopic (exact) mass is 380 g/mol. The summed E-state index contributed by atoms with van der Waals surface area (Å²) in [5.41, 5.74) is 1.63. The van der Waals surface area contributed by atoms with Crippen LogP contribution in [0.1, 0.15) is 4.88 Å². The van der Waals surface area contributed by atoms with E-state index in [1.165, 1.54) is 0 Å². The third kappa shape index (κ3) is 5.92. The van der Waals surface area contributed by atoms with Crippen LogP contribution in [0.3, 0.4) is 0 Å². The van der Waals surface area contributed by atoms with E-state index in [0.29, 0.717) is 23.8 Å². The molecule has 1 heterocycles. The smallest absolute Gasteiger partial charge is 0.322 e. The second-order valence-electron chi connectivity index (χ2n) is 6.29. The van der Waals surface area contributed by atoms with Gasteiger partial charge in [0.15, 0.2) is 0 Å². The summed E-state index contributed by atoms with van der Waals surface area (Å²) in [6, 6.07) is 9.43. The molecule has 1 aromatic carbocycles. The first-order valence-electron chi connectivity index (χ1n) is 8.06. The van der Waals surface area contributed by atoms with E-state index in [1.54, 1.807) is 17.4 Å². The zero-order chi connectivity index (χ0) is 18.4. The molecule has 2 amide bonds. The fraction of sp³-hybridized carbons (Fsp3) is 0.389. The van der Waals surface area contributed by atoms with Crippen molar-refractivity contribution in [1.82, 2.24) is 9.80 Å². The van der Waals surface area contributed by atoms with Crippen LogP contribution in [0.5, 0.6) is 0 Å². The van der Waals surface area contributed by atoms with Crippen molar-refractivity contribution in [3.63, 3.8) is 0 Å². The number of carbonyl (C=O) groups is 1. The minimum absolute atomic E-state index is 0.124. The van der Waals surface area contributed by atoms with Crippen molar-refractivity contribution < 1.29 is 4.79 Å². The van der Waals surface area contributed by atoms with Gasteiger partial charge < -0.3 is 20.0 Å². The van der Waals surface area contributed by atoms with Gasteiger partial charge in [0.05, 0.1) is 17.9 Å². The Balaban J connectivity index is 2.17. The highest BCUT2D eigenvalue weighted by Gasteiger charge is 2.17. The third-order valence-corrected chi connectivity index (χ3v) is 4.81. The number of anilines is 2. The summed E-state index contributed by atoms with van der Waals surface area (Å²) in [5.74, 6) is 0. The fourth-order valence-electron chi connectivity index (χ4n) is 2.36. The van der Waals surface area contributed by atoms with Crippen molar-refractivity contribution >= 4 is 40.3 Å². The number of urea groups is 1. The average Bonchev–Trinajstić information content (AvgIpc) is 3.03. The number of nitrogens with one attached hydrogen (secondary N) is 1. The number of carbonyl (C=O) groups excluding carboxylic acids is 1. The number of likely N-dealkylation sites (N-methyl/N-ethyl adjacent to an activating group) is 1. The highest BCUT2D eigenvalue weighted by Crippen LogP contribution is 2.28. The zero-order valence-corrected chi connectivity index (χ0v) is 16.7. The molecule has 0 spiro atoms. The summed E-state index contributed by atoms with van der Waals surface area (Å²) in [6.07, 6.45) is 0. The first-order valence-corrected chi connectivity index (χ1v) is 9.32. The summed E-state index contributed by atoms with van der Waals surface area (Å²) in [6.45, 7) is 2.04. The van der Waals surface area contributed by atoms with Gasteiger partial charge in [0.25, 0.3) is 0 Å². The van der Waals surface area contributed by atoms with E-state index in [1.807, 2.05) is 67.6 Å². The number of rotatable bonds is 7. The van der Waals surface area contributed by atoms with Crippen molar-refractivity contribution in [2.24, 2.45) is 0 Å². The maximum Gasteiger partial charge on any atom is 0.322 e. The number of benzene rings is 1. The Labute approximate surface area is 158 Å². The van der Waals surface area contributed by atoms with Crippen molar-refractivity contribution in [2.45, 2.75) is 6.54 Å². The Bertz CT molecular complexity index is 688. The van der Waals surface area contributed by atoms with Crippen LogP contribution < -0.4 is 10.2 Å². The third-order valence-electron chi connectivity index (χ3n) is 3.71. The molecule has 0 aliphatic heterocycles. The minimum atomic E-state index is -0.124. The van der Waals surface area contributed by atoms with Crippen LogP contribution in [0.4, 0.5) is 16.2 Å². The molecule has 0 bridgehead atoms. The van der Waals surface area contributed by atoms with Crippen molar-refractivity contribution in [3.8, 4) is 0 Å². The normalized spacial score (nSPS) is 10.8. The van der Waals surface area contributed by atoms with E-state index in [9.17, 15) is 4.79 Å². The molecule has 0 saturated carbocycles. The second-order valence-corrected chi connectivity index (χ2v) is 7.76. The first-order chi connectivity index (χ1) is 11.9. The Morgan fingerprint density at radius 1 is 1.16 bits per heavy atom. The minimum Gasteiger partial charge on any atom is -0.376 e. The molecule has 5 nitrogen and oxygen atoms in total. The number of nitrogens with zero attached hydrogens (tertiary/aromatic N) is 3. The molecule has 2 rings (SSSR count). The lowest BCUT2D eigenvalue weighted by atomic mass is 10.2. The van der Waals surface area contributed by atoms with Crippen molar-refractivity contribution in [2.75, 3.05) is 51.5 Å². The predicted octanol–water partition coefficient (Wildman–Crippen LogP) is 4.06. The topological polar surface area (TPSA) is 38.8 Å². The summed E-state index contributed by atoms with van der Waals surface area (Å²) < 4.78 is 0. The maximum absolute atomic E-state index is 12.9. The van der Waals surface area contributed by atoms with Crippen LogP contribution in [0.25, 0.3) is 0 Å². The van der Waals surface area contributed by atoms with Gasteiger partial charge in [0.1, 0.15) is 0 Å². The SMILES string of the molecule is CN(C)CCN(Cc1cccs1)C(=O)Nc1cc(Cl)ccc1N(C)C. The lowest BCUT2D eigenvalue weighted by Crippen LogP contribution is -2.39. The highest BCUT2D eigenvalue weighted by molar-refractivity contribution is 7.09. The highest BCUT2D eigenvalue weighted by atomic mass is 35.5. The van der Waals surface area contributed by atoms with Crippen LogP contribution in [-0.2, 0) is 6.54 Å². The Kier molecular flexibility index (Phi) is 7.11. The van der Waals surface area contributed by atoms with Gasteiger partial charge in [0.2, 0.25) is 0 Å². The van der Waals surface area contributed by atoms with Gasteiger partial charge in [-0.3, -0.25) is 0 Å². The number of hydrogen-bond acceptors (Lipinski definition) is 4. The summed E-state index contributed by atoms with van der Waals surface area (Å²) in [4.78, 5) is 19.9. The molecule has 7 heteroatoms. The lowest BCUT2D eigenvalue weighted by molar-refractivity contribution is 0.203. The second kappa shape index (κ2) is 9.08. The molecule has 1 N–H and O–H groups in total. The fourth-order valence-corrected chi connectivity index (χ4v) is 3.25. The van der Waals surface area contributed by atoms with Gasteiger partial charge in [-0.25, -0.2) is 4.79 Å². The number of hydrogen-bond donors (Lipinski definition) is 1. The van der Waals surface area contributed by atoms with E-state index in [0.717, 1.165) is 17.1 Å². The molecule has 0 radical (unpaired) electrons. The van der Waals surface area contributed by atoms with Gasteiger partial charge in [-0.2, -0.15) is 0 Å². The maximum atomic E-state index is 12.9. The molecule has 0 unspecified atom stereocenters. The predicted molar refractivity (Wildman–Crippen MR) is 108 cm³/mol. The van der Waals surface area contributed by atoms with Gasteiger partial charge >= 0.3 is 6.03 Å². The van der Waals surface area contributed by atoms with Crippen molar-refractivity contribution in [1.29, 1.82) is 0 Å². The van der Waals surface area contributed by atoms with E-state index < -0.39 is 0 Å². The lowest BCUT2D eigenvalue weighted by Gasteiger charge is -2.26. The largest absolute Gasteiger partial charge is 0.376 e. The molecule has 0 saturated heterocycles. The van der Waals surface area contributed by atoms with E-state index >= 15 is 0 Å². The molecule has 25 heavy (non-hydrogen) atoms. The van der Waals surface area contributed by atoms with Gasteiger partial charge in [-0.05, 0) is 43.7 Å². The summed E-state index contributed by atoms with van der Waals surface area (Å²) >= 11 is 7.77. The molecule has 2 aromatic rings. The molecule has 0 fully saturated rings. The van der Waals surface area contributed by atoms with E-state index in [-0.39, 0.29) is 6.03 Å². The standard InChI is InChI=1S/C18H25ClN4OS/c1-21(2)9-10-23(13-15-6-5-11-25-15)18(24)20-16-12-14(19)7-8-17(16)22(3)4/h5-8,11-12H,9-10,13H2,1-4H3,(H,20,24). The van der Waals surface area contributed by atoms with Crippen LogP contribution in [0, 0.1) is 0 Å². The van der Waals surface area contributed by atoms with E-state index in [2.05, 4.69) is 10.2 Å². The molecule has 0 aliphatic carbocycles. The van der Waals surface area contributed by atoms with Crippen LogP contribution in [0.15, 0.2) is 35.7 Å². The van der Waals surface area contributed by atoms with Crippen molar-refractivity contribution in [3.05, 3.63) is 45.6 Å². The summed E-state index contributed by atoms with van der Waals surface area (Å²) in [5, 5.41) is 5.64. The Hall–Kier alpha value is -1.76. The van der Waals surface area contributed by atoms with Crippen LogP contribution in [0.2, 0.25) is 5.02 Å². The van der Waals surface area contributed by atoms with Gasteiger partial charge in [-0.1, -0.05) is 17.7 Å². The van der Waals surface area contributed by atoms with Gasteiger partial charge in [-0.15, -0.1) is 11.3 Å². The Morgan fingerprint density at radius 2 is 1.92 bits per heavy atom. The molecule has 0 aliphatic rings. The number of amides is 2. The number of thiophene rings is 1. The molecular formula is C18H25ClN4OS. The molecular weight excluding hydrogens is 356 g/mol. The van der Waals surface area contributed by atoms with Crippen LogP contribution >= 0.6 is 22.9 Å². The number of halogens is 1. The first kappa shape index (κ1) is 19.6. The molecule has 0 atom stereocenters. The van der Waals surface area contributed by atoms with Gasteiger partial charge in [0, 0.05) is 37.1 Å². The Morgan fingerprint density at radius 3 is 2.52 bits per heavy atom. The van der Waals surface area contributed by atoms with Crippen LogP contribution in [-0.4, -0.2) is 57.1 Å². The van der Waals surface area contributed by atoms with E-state index in [4.69, 9.17) is 11.6 Å². The summed E-state index contributed by atoms with van der Waals surface area (Å²) in [7, 11) is 7.88. The zero-order valence-electron chi connectivity index (χ0n) is 15.1. The quantitative estimate of drug-likeness (QED) is 0.787. The average molecular weight is 381 g/mol. The molecule has 1 aromatic heterocycles.